The number of aromatic nitrogens is 2. The monoisotopic (exact) mass is 200 g/mol. The summed E-state index contributed by atoms with van der Waals surface area (Å²) in [5.74, 6) is 0.472. The van der Waals surface area contributed by atoms with Crippen molar-refractivity contribution in [2.24, 2.45) is 0 Å². The first-order valence-electron chi connectivity index (χ1n) is 5.47. The molecular weight excluding hydrogens is 184 g/mol. The third kappa shape index (κ3) is 1.84. The van der Waals surface area contributed by atoms with Gasteiger partial charge in [-0.15, -0.1) is 0 Å². The van der Waals surface area contributed by atoms with Gasteiger partial charge < -0.3 is 0 Å². The maximum absolute atomic E-state index is 4.68. The van der Waals surface area contributed by atoms with Gasteiger partial charge in [0.1, 0.15) is 0 Å². The minimum absolute atomic E-state index is 0.472. The highest BCUT2D eigenvalue weighted by atomic mass is 14.8. The van der Waals surface area contributed by atoms with Crippen LogP contribution in [0.3, 0.4) is 0 Å². The second-order valence-corrected chi connectivity index (χ2v) is 4.08. The first-order chi connectivity index (χ1) is 7.22. The Morgan fingerprint density at radius 2 is 2.00 bits per heavy atom. The molecule has 0 unspecified atom stereocenters. The van der Waals surface area contributed by atoms with E-state index in [9.17, 15) is 0 Å². The van der Waals surface area contributed by atoms with E-state index in [0.29, 0.717) is 5.92 Å². The molecule has 2 aromatic rings. The average molecular weight is 200 g/mol. The highest BCUT2D eigenvalue weighted by molar-refractivity contribution is 5.77. The number of nitrogens with zero attached hydrogens (tertiary/aromatic N) is 2. The van der Waals surface area contributed by atoms with Crippen molar-refractivity contribution in [2.75, 3.05) is 0 Å². The zero-order valence-electron chi connectivity index (χ0n) is 9.49. The van der Waals surface area contributed by atoms with Gasteiger partial charge in [0.15, 0.2) is 0 Å². The molecule has 0 aliphatic carbocycles. The van der Waals surface area contributed by atoms with Gasteiger partial charge in [0, 0.05) is 11.9 Å². The molecule has 0 bridgehead atoms. The van der Waals surface area contributed by atoms with Crippen LogP contribution < -0.4 is 0 Å². The molecule has 78 valence electrons. The van der Waals surface area contributed by atoms with Crippen molar-refractivity contribution in [1.82, 2.24) is 9.97 Å². The quantitative estimate of drug-likeness (QED) is 0.743. The third-order valence-electron chi connectivity index (χ3n) is 2.66. The van der Waals surface area contributed by atoms with E-state index in [1.54, 1.807) is 0 Å². The summed E-state index contributed by atoms with van der Waals surface area (Å²) >= 11 is 0. The van der Waals surface area contributed by atoms with Crippen molar-refractivity contribution >= 4 is 11.0 Å². The lowest BCUT2D eigenvalue weighted by molar-refractivity contribution is 0.828. The Morgan fingerprint density at radius 3 is 2.67 bits per heavy atom. The van der Waals surface area contributed by atoms with Crippen molar-refractivity contribution in [3.63, 3.8) is 0 Å². The van der Waals surface area contributed by atoms with Crippen LogP contribution in [0.1, 0.15) is 37.9 Å². The normalized spacial score (nSPS) is 11.2. The van der Waals surface area contributed by atoms with Gasteiger partial charge in [0.05, 0.1) is 11.0 Å². The first-order valence-corrected chi connectivity index (χ1v) is 5.47. The van der Waals surface area contributed by atoms with Crippen LogP contribution in [0, 0.1) is 0 Å². The Balaban J connectivity index is 2.67. The number of fused-ring (bicyclic) bond motifs is 1. The van der Waals surface area contributed by atoms with Gasteiger partial charge in [-0.3, -0.25) is 9.97 Å². The number of aryl methyl sites for hydroxylation is 1. The smallest absolute Gasteiger partial charge is 0.0921 e. The van der Waals surface area contributed by atoms with Crippen LogP contribution in [-0.4, -0.2) is 9.97 Å². The Labute approximate surface area is 90.4 Å². The van der Waals surface area contributed by atoms with E-state index in [1.165, 1.54) is 5.56 Å². The van der Waals surface area contributed by atoms with Gasteiger partial charge >= 0.3 is 0 Å². The summed E-state index contributed by atoms with van der Waals surface area (Å²) in [7, 11) is 0. The minimum atomic E-state index is 0.472. The summed E-state index contributed by atoms with van der Waals surface area (Å²) in [5, 5.41) is 0. The Bertz CT molecular complexity index is 475. The highest BCUT2D eigenvalue weighted by Gasteiger charge is 2.05. The lowest BCUT2D eigenvalue weighted by Crippen LogP contribution is -1.96. The lowest BCUT2D eigenvalue weighted by atomic mass is 10.1. The SMILES string of the molecule is CCc1ccnc2ccc(C(C)C)nc12. The molecule has 2 rings (SSSR count). The summed E-state index contributed by atoms with van der Waals surface area (Å²) in [6.07, 6.45) is 2.87. The zero-order chi connectivity index (χ0) is 10.8. The molecule has 2 heteroatoms. The first kappa shape index (κ1) is 10.1. The average Bonchev–Trinajstić information content (AvgIpc) is 2.27. The molecule has 2 aromatic heterocycles. The van der Waals surface area contributed by atoms with E-state index in [-0.39, 0.29) is 0 Å². The summed E-state index contributed by atoms with van der Waals surface area (Å²) in [5.41, 5.74) is 4.48. The van der Waals surface area contributed by atoms with Crippen LogP contribution in [-0.2, 0) is 6.42 Å². The number of rotatable bonds is 2. The molecule has 0 spiro atoms. The molecule has 0 amide bonds. The van der Waals surface area contributed by atoms with Crippen LogP contribution >= 0.6 is 0 Å². The second-order valence-electron chi connectivity index (χ2n) is 4.08. The Kier molecular flexibility index (Phi) is 2.67. The van der Waals surface area contributed by atoms with E-state index in [2.05, 4.69) is 48.9 Å². The minimum Gasteiger partial charge on any atom is -0.255 e. The Morgan fingerprint density at radius 1 is 1.20 bits per heavy atom. The van der Waals surface area contributed by atoms with E-state index in [1.807, 2.05) is 6.20 Å². The van der Waals surface area contributed by atoms with Crippen LogP contribution in [0.15, 0.2) is 24.4 Å². The van der Waals surface area contributed by atoms with Crippen molar-refractivity contribution in [1.29, 1.82) is 0 Å². The number of pyridine rings is 2. The zero-order valence-corrected chi connectivity index (χ0v) is 9.49. The molecule has 0 atom stereocenters. The molecule has 0 fully saturated rings. The molecule has 2 heterocycles. The summed E-state index contributed by atoms with van der Waals surface area (Å²) in [6.45, 7) is 6.48. The van der Waals surface area contributed by atoms with E-state index < -0.39 is 0 Å². The van der Waals surface area contributed by atoms with Crippen LogP contribution in [0.2, 0.25) is 0 Å². The fourth-order valence-corrected chi connectivity index (χ4v) is 1.70. The molecule has 15 heavy (non-hydrogen) atoms. The summed E-state index contributed by atoms with van der Waals surface area (Å²) in [6, 6.07) is 6.19. The van der Waals surface area contributed by atoms with Crippen molar-refractivity contribution in [3.05, 3.63) is 35.7 Å². The standard InChI is InChI=1S/C13H16N2/c1-4-10-7-8-14-12-6-5-11(9(2)3)15-13(10)12/h5-9H,4H2,1-3H3. The van der Waals surface area contributed by atoms with Gasteiger partial charge in [0.25, 0.3) is 0 Å². The third-order valence-corrected chi connectivity index (χ3v) is 2.66. The lowest BCUT2D eigenvalue weighted by Gasteiger charge is -2.07. The Hall–Kier alpha value is -1.44. The van der Waals surface area contributed by atoms with E-state index >= 15 is 0 Å². The predicted molar refractivity (Wildman–Crippen MR) is 63.0 cm³/mol. The van der Waals surface area contributed by atoms with Crippen LogP contribution in [0.4, 0.5) is 0 Å². The largest absolute Gasteiger partial charge is 0.255 e. The molecule has 0 N–H and O–H groups in total. The molecule has 0 aliphatic rings. The van der Waals surface area contributed by atoms with E-state index in [4.69, 9.17) is 0 Å². The van der Waals surface area contributed by atoms with Gasteiger partial charge in [-0.05, 0) is 36.1 Å². The molecule has 0 saturated carbocycles. The van der Waals surface area contributed by atoms with E-state index in [0.717, 1.165) is 23.1 Å². The van der Waals surface area contributed by atoms with Gasteiger partial charge in [-0.1, -0.05) is 20.8 Å². The fourth-order valence-electron chi connectivity index (χ4n) is 1.70. The molecule has 0 aromatic carbocycles. The molecule has 0 saturated heterocycles. The predicted octanol–water partition coefficient (Wildman–Crippen LogP) is 3.32. The van der Waals surface area contributed by atoms with Crippen LogP contribution in [0.25, 0.3) is 11.0 Å². The van der Waals surface area contributed by atoms with Crippen LogP contribution in [0.5, 0.6) is 0 Å². The highest BCUT2D eigenvalue weighted by Crippen LogP contribution is 2.19. The maximum Gasteiger partial charge on any atom is 0.0921 e. The number of hydrogen-bond acceptors (Lipinski definition) is 2. The molecular formula is C13H16N2. The maximum atomic E-state index is 4.68. The van der Waals surface area contributed by atoms with Crippen molar-refractivity contribution < 1.29 is 0 Å². The van der Waals surface area contributed by atoms with Crippen molar-refractivity contribution in [2.45, 2.75) is 33.1 Å². The molecule has 0 aliphatic heterocycles. The summed E-state index contributed by atoms with van der Waals surface area (Å²) < 4.78 is 0. The molecule has 2 nitrogen and oxygen atoms in total. The van der Waals surface area contributed by atoms with Gasteiger partial charge in [0.2, 0.25) is 0 Å². The topological polar surface area (TPSA) is 25.8 Å². The summed E-state index contributed by atoms with van der Waals surface area (Å²) in [4.78, 5) is 9.01. The van der Waals surface area contributed by atoms with Gasteiger partial charge in [-0.2, -0.15) is 0 Å². The fraction of sp³-hybridized carbons (Fsp3) is 0.385. The van der Waals surface area contributed by atoms with Gasteiger partial charge in [-0.25, -0.2) is 0 Å². The number of hydrogen-bond donors (Lipinski definition) is 0. The molecule has 0 radical (unpaired) electrons. The van der Waals surface area contributed by atoms with Crippen molar-refractivity contribution in [3.8, 4) is 0 Å². The second kappa shape index (κ2) is 3.97.